The molecule has 116 valence electrons. The van der Waals surface area contributed by atoms with E-state index in [9.17, 15) is 4.79 Å². The molecule has 0 saturated heterocycles. The summed E-state index contributed by atoms with van der Waals surface area (Å²) >= 11 is 0. The van der Waals surface area contributed by atoms with E-state index in [0.29, 0.717) is 5.56 Å². The van der Waals surface area contributed by atoms with Crippen LogP contribution in [0, 0.1) is 19.8 Å². The molecule has 0 atom stereocenters. The van der Waals surface area contributed by atoms with Gasteiger partial charge in [0.1, 0.15) is 0 Å². The number of amides is 1. The molecule has 3 rings (SSSR count). The lowest BCUT2D eigenvalue weighted by Gasteiger charge is -2.10. The van der Waals surface area contributed by atoms with Crippen molar-refractivity contribution in [3.8, 4) is 0 Å². The first-order valence-electron chi connectivity index (χ1n) is 8.16. The van der Waals surface area contributed by atoms with Crippen molar-refractivity contribution in [1.29, 1.82) is 0 Å². The molecule has 1 aliphatic rings. The molecular formula is C18H23N3O. The molecule has 1 saturated carbocycles. The fourth-order valence-electron chi connectivity index (χ4n) is 3.16. The summed E-state index contributed by atoms with van der Waals surface area (Å²) in [5.41, 5.74) is 4.13. The highest BCUT2D eigenvalue weighted by atomic mass is 16.1. The average Bonchev–Trinajstić information content (AvgIpc) is 3.01. The number of carbonyl (C=O) groups excluding carboxylic acids is 1. The van der Waals surface area contributed by atoms with Gasteiger partial charge in [0.2, 0.25) is 0 Å². The fourth-order valence-corrected chi connectivity index (χ4v) is 3.16. The lowest BCUT2D eigenvalue weighted by Crippen LogP contribution is -2.25. The summed E-state index contributed by atoms with van der Waals surface area (Å²) < 4.78 is 0. The van der Waals surface area contributed by atoms with Crippen molar-refractivity contribution in [3.05, 3.63) is 35.2 Å². The van der Waals surface area contributed by atoms with Crippen LogP contribution >= 0.6 is 0 Å². The highest BCUT2D eigenvalue weighted by Crippen LogP contribution is 2.26. The Bertz CT molecular complexity index is 690. The Hall–Kier alpha value is -1.97. The molecule has 1 amide bonds. The lowest BCUT2D eigenvalue weighted by atomic mass is 10.0. The van der Waals surface area contributed by atoms with Crippen molar-refractivity contribution in [2.45, 2.75) is 46.0 Å². The van der Waals surface area contributed by atoms with Crippen LogP contribution in [-0.2, 0) is 0 Å². The van der Waals surface area contributed by atoms with Crippen molar-refractivity contribution < 1.29 is 4.79 Å². The van der Waals surface area contributed by atoms with Gasteiger partial charge in [0.15, 0.2) is 0 Å². The van der Waals surface area contributed by atoms with E-state index in [4.69, 9.17) is 0 Å². The van der Waals surface area contributed by atoms with Crippen LogP contribution in [0.3, 0.4) is 0 Å². The second kappa shape index (κ2) is 6.42. The maximum absolute atomic E-state index is 12.3. The van der Waals surface area contributed by atoms with E-state index in [1.54, 1.807) is 0 Å². The predicted molar refractivity (Wildman–Crippen MR) is 87.9 cm³/mol. The average molecular weight is 297 g/mol. The van der Waals surface area contributed by atoms with Gasteiger partial charge in [-0.1, -0.05) is 25.7 Å². The number of hydrogen-bond acceptors (Lipinski definition) is 3. The number of carbonyl (C=O) groups is 1. The Labute approximate surface area is 131 Å². The van der Waals surface area contributed by atoms with Crippen LogP contribution in [0.2, 0.25) is 0 Å². The van der Waals surface area contributed by atoms with Gasteiger partial charge in [0.05, 0.1) is 22.4 Å². The third-order valence-corrected chi connectivity index (χ3v) is 4.65. The molecule has 1 N–H and O–H groups in total. The van der Waals surface area contributed by atoms with Crippen molar-refractivity contribution in [2.24, 2.45) is 5.92 Å². The molecule has 22 heavy (non-hydrogen) atoms. The number of benzene rings is 1. The first kappa shape index (κ1) is 14.9. The number of hydrogen-bond donors (Lipinski definition) is 1. The van der Waals surface area contributed by atoms with E-state index in [2.05, 4.69) is 15.3 Å². The van der Waals surface area contributed by atoms with E-state index in [1.807, 2.05) is 32.0 Å². The van der Waals surface area contributed by atoms with Crippen LogP contribution in [0.4, 0.5) is 0 Å². The molecule has 1 fully saturated rings. The largest absolute Gasteiger partial charge is 0.352 e. The van der Waals surface area contributed by atoms with Gasteiger partial charge in [0, 0.05) is 12.1 Å². The molecule has 1 aromatic heterocycles. The van der Waals surface area contributed by atoms with Gasteiger partial charge in [-0.2, -0.15) is 0 Å². The van der Waals surface area contributed by atoms with Gasteiger partial charge in [-0.25, -0.2) is 9.97 Å². The number of nitrogens with zero attached hydrogens (tertiary/aromatic N) is 2. The van der Waals surface area contributed by atoms with Gasteiger partial charge in [-0.05, 0) is 44.4 Å². The second-order valence-corrected chi connectivity index (χ2v) is 6.29. The minimum absolute atomic E-state index is 0.0140. The monoisotopic (exact) mass is 297 g/mol. The van der Waals surface area contributed by atoms with Gasteiger partial charge in [-0.15, -0.1) is 0 Å². The van der Waals surface area contributed by atoms with Gasteiger partial charge < -0.3 is 5.32 Å². The Morgan fingerprint density at radius 3 is 2.55 bits per heavy atom. The molecule has 0 spiro atoms. The maximum Gasteiger partial charge on any atom is 0.251 e. The highest BCUT2D eigenvalue weighted by Gasteiger charge is 2.15. The summed E-state index contributed by atoms with van der Waals surface area (Å²) in [5, 5.41) is 3.03. The van der Waals surface area contributed by atoms with E-state index in [-0.39, 0.29) is 5.91 Å². The number of rotatable bonds is 4. The molecule has 1 heterocycles. The zero-order valence-corrected chi connectivity index (χ0v) is 13.4. The predicted octanol–water partition coefficient (Wildman–Crippen LogP) is 3.56. The number of aryl methyl sites for hydroxylation is 2. The minimum Gasteiger partial charge on any atom is -0.352 e. The molecule has 1 aromatic carbocycles. The zero-order valence-electron chi connectivity index (χ0n) is 13.4. The first-order chi connectivity index (χ1) is 10.6. The summed E-state index contributed by atoms with van der Waals surface area (Å²) in [6.45, 7) is 4.65. The number of fused-ring (bicyclic) bond motifs is 1. The van der Waals surface area contributed by atoms with Gasteiger partial charge in [-0.3, -0.25) is 4.79 Å². The van der Waals surface area contributed by atoms with Crippen LogP contribution in [0.5, 0.6) is 0 Å². The van der Waals surface area contributed by atoms with E-state index in [1.165, 1.54) is 25.7 Å². The van der Waals surface area contributed by atoms with Crippen LogP contribution in [0.25, 0.3) is 11.0 Å². The summed E-state index contributed by atoms with van der Waals surface area (Å²) in [6.07, 6.45) is 6.43. The highest BCUT2D eigenvalue weighted by molar-refractivity contribution is 5.97. The summed E-state index contributed by atoms with van der Waals surface area (Å²) in [5.74, 6) is 0.785. The normalized spacial score (nSPS) is 15.4. The first-order valence-corrected chi connectivity index (χ1v) is 8.16. The molecule has 4 nitrogen and oxygen atoms in total. The van der Waals surface area contributed by atoms with Crippen molar-refractivity contribution in [3.63, 3.8) is 0 Å². The van der Waals surface area contributed by atoms with Gasteiger partial charge >= 0.3 is 0 Å². The lowest BCUT2D eigenvalue weighted by molar-refractivity contribution is 0.0951. The molecule has 2 aromatic rings. The second-order valence-electron chi connectivity index (χ2n) is 6.29. The van der Waals surface area contributed by atoms with Crippen molar-refractivity contribution >= 4 is 16.9 Å². The molecule has 0 aliphatic heterocycles. The summed E-state index contributed by atoms with van der Waals surface area (Å²) in [6, 6.07) is 5.54. The number of nitrogens with one attached hydrogen (secondary N) is 1. The standard InChI is InChI=1S/C18H23N3O/c1-12-13(2)21-17-11-15(7-8-16(17)20-12)18(22)19-10-9-14-5-3-4-6-14/h7-8,11,14H,3-6,9-10H2,1-2H3,(H,19,22). The van der Waals surface area contributed by atoms with Crippen LogP contribution in [0.1, 0.15) is 53.8 Å². The third kappa shape index (κ3) is 3.26. The van der Waals surface area contributed by atoms with Crippen LogP contribution < -0.4 is 5.32 Å². The number of aromatic nitrogens is 2. The topological polar surface area (TPSA) is 54.9 Å². The molecule has 0 radical (unpaired) electrons. The fraction of sp³-hybridized carbons (Fsp3) is 0.500. The molecule has 0 unspecified atom stereocenters. The van der Waals surface area contributed by atoms with Crippen LogP contribution in [0.15, 0.2) is 18.2 Å². The molecule has 4 heteroatoms. The van der Waals surface area contributed by atoms with Gasteiger partial charge in [0.25, 0.3) is 5.91 Å². The molecule has 0 bridgehead atoms. The SMILES string of the molecule is Cc1nc2ccc(C(=O)NCCC3CCCC3)cc2nc1C. The molecular weight excluding hydrogens is 274 g/mol. The Kier molecular flexibility index (Phi) is 4.36. The third-order valence-electron chi connectivity index (χ3n) is 4.65. The van der Waals surface area contributed by atoms with Crippen molar-refractivity contribution in [2.75, 3.05) is 6.54 Å². The van der Waals surface area contributed by atoms with Crippen LogP contribution in [-0.4, -0.2) is 22.4 Å². The molecule has 1 aliphatic carbocycles. The Balaban J connectivity index is 1.66. The van der Waals surface area contributed by atoms with E-state index < -0.39 is 0 Å². The summed E-state index contributed by atoms with van der Waals surface area (Å²) in [4.78, 5) is 21.3. The summed E-state index contributed by atoms with van der Waals surface area (Å²) in [7, 11) is 0. The van der Waals surface area contributed by atoms with E-state index >= 15 is 0 Å². The smallest absolute Gasteiger partial charge is 0.251 e. The van der Waals surface area contributed by atoms with Crippen molar-refractivity contribution in [1.82, 2.24) is 15.3 Å². The zero-order chi connectivity index (χ0) is 15.5. The quantitative estimate of drug-likeness (QED) is 0.939. The Morgan fingerprint density at radius 2 is 1.82 bits per heavy atom. The maximum atomic E-state index is 12.3. The van der Waals surface area contributed by atoms with E-state index in [0.717, 1.165) is 41.3 Å². The minimum atomic E-state index is -0.0140. The Morgan fingerprint density at radius 1 is 1.14 bits per heavy atom.